The zero-order chi connectivity index (χ0) is 16.1. The number of nitrogens with one attached hydrogen (secondary N) is 1. The van der Waals surface area contributed by atoms with Crippen LogP contribution in [0.3, 0.4) is 0 Å². The minimum atomic E-state index is 0.408. The third kappa shape index (κ3) is 2.04. The van der Waals surface area contributed by atoms with Gasteiger partial charge in [0.1, 0.15) is 12.1 Å². The van der Waals surface area contributed by atoms with Gasteiger partial charge in [-0.3, -0.25) is 0 Å². The van der Waals surface area contributed by atoms with Crippen LogP contribution in [0.2, 0.25) is 0 Å². The predicted octanol–water partition coefficient (Wildman–Crippen LogP) is 3.14. The van der Waals surface area contributed by atoms with Crippen molar-refractivity contribution in [3.63, 3.8) is 0 Å². The highest BCUT2D eigenvalue weighted by Crippen LogP contribution is 2.60. The van der Waals surface area contributed by atoms with E-state index in [1.807, 2.05) is 13.0 Å². The molecule has 1 fully saturated rings. The average molecular weight is 319 g/mol. The van der Waals surface area contributed by atoms with Gasteiger partial charge in [0, 0.05) is 23.7 Å². The van der Waals surface area contributed by atoms with Gasteiger partial charge in [-0.2, -0.15) is 14.6 Å². The maximum atomic E-state index is 4.40. The molecule has 1 spiro atoms. The molecule has 122 valence electrons. The lowest BCUT2D eigenvalue weighted by Crippen LogP contribution is -2.21. The van der Waals surface area contributed by atoms with E-state index in [0.717, 1.165) is 18.1 Å². The second-order valence-electron chi connectivity index (χ2n) is 7.20. The number of hydrogen-bond acceptors (Lipinski definition) is 4. The molecule has 0 amide bonds. The first-order valence-corrected chi connectivity index (χ1v) is 8.76. The summed E-state index contributed by atoms with van der Waals surface area (Å²) in [6.45, 7) is 2.97. The molecule has 2 unspecified atom stereocenters. The molecule has 0 bridgehead atoms. The van der Waals surface area contributed by atoms with Gasteiger partial charge in [-0.15, -0.1) is 0 Å². The fourth-order valence-corrected chi connectivity index (χ4v) is 4.52. The molecule has 5 nitrogen and oxygen atoms in total. The molecule has 24 heavy (non-hydrogen) atoms. The molecule has 2 heterocycles. The number of hydrogen-bond donors (Lipinski definition) is 1. The lowest BCUT2D eigenvalue weighted by molar-refractivity contribution is 0.503. The summed E-state index contributed by atoms with van der Waals surface area (Å²) in [6.07, 6.45) is 6.73. The van der Waals surface area contributed by atoms with Crippen LogP contribution >= 0.6 is 0 Å². The van der Waals surface area contributed by atoms with Gasteiger partial charge in [0.05, 0.1) is 0 Å². The van der Waals surface area contributed by atoms with E-state index < -0.39 is 0 Å². The van der Waals surface area contributed by atoms with Crippen molar-refractivity contribution in [1.29, 1.82) is 0 Å². The van der Waals surface area contributed by atoms with Gasteiger partial charge >= 0.3 is 0 Å². The first-order valence-electron chi connectivity index (χ1n) is 8.76. The summed E-state index contributed by atoms with van der Waals surface area (Å²) in [5.74, 6) is 2.35. The van der Waals surface area contributed by atoms with Crippen LogP contribution in [0, 0.1) is 12.8 Å². The van der Waals surface area contributed by atoms with Gasteiger partial charge in [-0.25, -0.2) is 4.98 Å². The van der Waals surface area contributed by atoms with Crippen LogP contribution in [0.25, 0.3) is 5.78 Å². The normalized spacial score (nSPS) is 25.0. The maximum absolute atomic E-state index is 4.40. The fraction of sp³-hybridized carbons (Fsp3) is 0.421. The van der Waals surface area contributed by atoms with Gasteiger partial charge in [0.15, 0.2) is 0 Å². The highest BCUT2D eigenvalue weighted by Gasteiger charge is 2.55. The molecule has 5 heteroatoms. The molecular formula is C19H21N5. The molecule has 2 aliphatic carbocycles. The molecule has 2 aliphatic rings. The lowest BCUT2D eigenvalue weighted by atomic mass is 9.78. The van der Waals surface area contributed by atoms with E-state index in [0.29, 0.717) is 17.1 Å². The molecule has 3 aromatic rings. The Hall–Kier alpha value is -2.43. The van der Waals surface area contributed by atoms with E-state index in [-0.39, 0.29) is 0 Å². The van der Waals surface area contributed by atoms with Gasteiger partial charge in [0.25, 0.3) is 5.78 Å². The Morgan fingerprint density at radius 1 is 1.33 bits per heavy atom. The van der Waals surface area contributed by atoms with Gasteiger partial charge < -0.3 is 5.32 Å². The molecule has 2 aromatic heterocycles. The van der Waals surface area contributed by atoms with Crippen LogP contribution in [-0.4, -0.2) is 26.1 Å². The lowest BCUT2D eigenvalue weighted by Gasteiger charge is -2.27. The molecule has 0 radical (unpaired) electrons. The van der Waals surface area contributed by atoms with Crippen LogP contribution < -0.4 is 5.32 Å². The van der Waals surface area contributed by atoms with Crippen molar-refractivity contribution in [1.82, 2.24) is 19.6 Å². The van der Waals surface area contributed by atoms with Crippen molar-refractivity contribution in [2.75, 3.05) is 11.9 Å². The number of benzene rings is 1. The largest absolute Gasteiger partial charge is 0.370 e. The quantitative estimate of drug-likeness (QED) is 0.806. The Labute approximate surface area is 141 Å². The monoisotopic (exact) mass is 319 g/mol. The molecule has 1 saturated carbocycles. The molecule has 1 N–H and O–H groups in total. The van der Waals surface area contributed by atoms with Crippen molar-refractivity contribution in [2.24, 2.45) is 5.92 Å². The van der Waals surface area contributed by atoms with Crippen LogP contribution in [0.4, 0.5) is 5.82 Å². The first-order chi connectivity index (χ1) is 11.8. The third-order valence-corrected chi connectivity index (χ3v) is 5.76. The third-order valence-electron chi connectivity index (χ3n) is 5.76. The van der Waals surface area contributed by atoms with E-state index in [4.69, 9.17) is 0 Å². The predicted molar refractivity (Wildman–Crippen MR) is 93.2 cm³/mol. The van der Waals surface area contributed by atoms with Crippen LogP contribution in [-0.2, 0) is 11.8 Å². The molecule has 0 saturated heterocycles. The summed E-state index contributed by atoms with van der Waals surface area (Å²) in [6, 6.07) is 11.1. The second kappa shape index (κ2) is 5.03. The number of fused-ring (bicyclic) bond motifs is 3. The van der Waals surface area contributed by atoms with Crippen molar-refractivity contribution in [3.05, 3.63) is 53.5 Å². The van der Waals surface area contributed by atoms with Crippen LogP contribution in [0.15, 0.2) is 36.7 Å². The van der Waals surface area contributed by atoms with Crippen molar-refractivity contribution in [2.45, 2.75) is 38.0 Å². The molecule has 0 aliphatic heterocycles. The molecule has 5 rings (SSSR count). The Morgan fingerprint density at radius 2 is 2.25 bits per heavy atom. The van der Waals surface area contributed by atoms with Crippen molar-refractivity contribution in [3.8, 4) is 0 Å². The summed E-state index contributed by atoms with van der Waals surface area (Å²) in [7, 11) is 0. The second-order valence-corrected chi connectivity index (χ2v) is 7.20. The number of aryl methyl sites for hydroxylation is 2. The minimum Gasteiger partial charge on any atom is -0.370 e. The number of rotatable bonds is 3. The van der Waals surface area contributed by atoms with Crippen molar-refractivity contribution < 1.29 is 0 Å². The summed E-state index contributed by atoms with van der Waals surface area (Å²) in [4.78, 5) is 8.60. The molecule has 1 aromatic carbocycles. The zero-order valence-corrected chi connectivity index (χ0v) is 13.9. The van der Waals surface area contributed by atoms with E-state index in [9.17, 15) is 0 Å². The molecule has 2 atom stereocenters. The summed E-state index contributed by atoms with van der Waals surface area (Å²) in [5.41, 5.74) is 4.53. The van der Waals surface area contributed by atoms with E-state index in [2.05, 4.69) is 44.6 Å². The van der Waals surface area contributed by atoms with E-state index >= 15 is 0 Å². The van der Waals surface area contributed by atoms with E-state index in [1.165, 1.54) is 25.7 Å². The smallest absolute Gasteiger partial charge is 0.254 e. The molecular weight excluding hydrogens is 298 g/mol. The average Bonchev–Trinajstić information content (AvgIpc) is 3.06. The summed E-state index contributed by atoms with van der Waals surface area (Å²) in [5, 5.41) is 7.88. The first kappa shape index (κ1) is 14.0. The highest BCUT2D eigenvalue weighted by molar-refractivity contribution is 5.47. The maximum Gasteiger partial charge on any atom is 0.254 e. The zero-order valence-electron chi connectivity index (χ0n) is 13.9. The Morgan fingerprint density at radius 3 is 3.21 bits per heavy atom. The fourth-order valence-electron chi connectivity index (χ4n) is 4.52. The Bertz CT molecular complexity index is 915. The highest BCUT2D eigenvalue weighted by atomic mass is 15.3. The topological polar surface area (TPSA) is 55.1 Å². The summed E-state index contributed by atoms with van der Waals surface area (Å²) >= 11 is 0. The standard InChI is InChI=1S/C19H21N5/c1-13-9-17(24-18(23-13)21-12-22-24)20-11-15-10-19(15)8-4-6-14-5-2-3-7-16(14)19/h2-3,5,7,9,12,15,20H,4,6,8,10-11H2,1H3. The number of anilines is 1. The Balaban J connectivity index is 1.38. The minimum absolute atomic E-state index is 0.408. The Kier molecular flexibility index (Phi) is 2.93. The van der Waals surface area contributed by atoms with E-state index in [1.54, 1.807) is 22.0 Å². The van der Waals surface area contributed by atoms with Gasteiger partial charge in [-0.05, 0) is 49.7 Å². The van der Waals surface area contributed by atoms with Gasteiger partial charge in [0.2, 0.25) is 0 Å². The summed E-state index contributed by atoms with van der Waals surface area (Å²) < 4.78 is 1.79. The SMILES string of the molecule is Cc1cc(NCC2CC23CCCc2ccccc23)n2ncnc2n1. The van der Waals surface area contributed by atoms with Crippen LogP contribution in [0.5, 0.6) is 0 Å². The number of nitrogens with zero attached hydrogens (tertiary/aromatic N) is 4. The number of aromatic nitrogens is 4. The van der Waals surface area contributed by atoms with Crippen molar-refractivity contribution >= 4 is 11.6 Å². The van der Waals surface area contributed by atoms with Crippen LogP contribution in [0.1, 0.15) is 36.1 Å². The van der Waals surface area contributed by atoms with Gasteiger partial charge in [-0.1, -0.05) is 24.3 Å².